The molecule has 1 atom stereocenters. The number of hydrogen-bond acceptors (Lipinski definition) is 5. The van der Waals surface area contributed by atoms with Crippen molar-refractivity contribution >= 4 is 39.5 Å². The van der Waals surface area contributed by atoms with Crippen LogP contribution in [-0.2, 0) is 17.8 Å². The summed E-state index contributed by atoms with van der Waals surface area (Å²) in [5.41, 5.74) is 0.672. The van der Waals surface area contributed by atoms with Gasteiger partial charge in [-0.1, -0.05) is 18.2 Å². The Balaban J connectivity index is 1.74. The van der Waals surface area contributed by atoms with E-state index in [2.05, 4.69) is 4.98 Å². The van der Waals surface area contributed by atoms with E-state index < -0.39 is 23.3 Å². The number of aromatic nitrogens is 3. The topological polar surface area (TPSA) is 110 Å². The minimum atomic E-state index is -1.38. The number of aromatic amines is 1. The lowest BCUT2D eigenvalue weighted by atomic mass is 10.0. The first-order valence-corrected chi connectivity index (χ1v) is 11.8. The SMILES string of the molecule is CSc1ccc2c(c1)c(=O)n([C@@H](Cc1c[nH]c3ccccc13)C(=O)O)c(=O)n2Cc1ccco1. The van der Waals surface area contributed by atoms with Crippen molar-refractivity contribution in [1.29, 1.82) is 0 Å². The maximum Gasteiger partial charge on any atom is 0.332 e. The van der Waals surface area contributed by atoms with Gasteiger partial charge in [0.05, 0.1) is 23.7 Å². The third kappa shape index (κ3) is 3.73. The first kappa shape index (κ1) is 21.8. The van der Waals surface area contributed by atoms with E-state index in [1.165, 1.54) is 22.6 Å². The molecule has 172 valence electrons. The summed E-state index contributed by atoms with van der Waals surface area (Å²) in [6.07, 6.45) is 5.08. The predicted octanol–water partition coefficient (Wildman–Crippen LogP) is 3.88. The van der Waals surface area contributed by atoms with Crippen molar-refractivity contribution < 1.29 is 14.3 Å². The molecule has 0 saturated carbocycles. The second kappa shape index (κ2) is 8.75. The minimum Gasteiger partial charge on any atom is -0.480 e. The van der Waals surface area contributed by atoms with Gasteiger partial charge in [-0.15, -0.1) is 11.8 Å². The number of aliphatic carboxylic acids is 1. The molecule has 3 aromatic heterocycles. The number of nitrogens with one attached hydrogen (secondary N) is 1. The van der Waals surface area contributed by atoms with Gasteiger partial charge in [0, 0.05) is 28.4 Å². The highest BCUT2D eigenvalue weighted by Crippen LogP contribution is 2.24. The van der Waals surface area contributed by atoms with Crippen LogP contribution < -0.4 is 11.2 Å². The second-order valence-corrected chi connectivity index (χ2v) is 8.80. The standard InChI is InChI=1S/C25H21N3O5S/c1-34-17-8-9-21-19(12-17)23(29)28(25(32)27(21)14-16-5-4-10-33-16)22(24(30)31)11-15-13-26-20-7-3-2-6-18(15)20/h2-10,12-13,22,26H,11,14H2,1H3,(H,30,31)/t22-/m0/s1. The number of benzene rings is 2. The summed E-state index contributed by atoms with van der Waals surface area (Å²) in [6, 6.07) is 14.8. The van der Waals surface area contributed by atoms with E-state index in [9.17, 15) is 19.5 Å². The van der Waals surface area contributed by atoms with Gasteiger partial charge in [0.2, 0.25) is 0 Å². The van der Waals surface area contributed by atoms with Crippen LogP contribution in [0.4, 0.5) is 0 Å². The van der Waals surface area contributed by atoms with E-state index >= 15 is 0 Å². The van der Waals surface area contributed by atoms with Crippen molar-refractivity contribution in [2.24, 2.45) is 0 Å². The van der Waals surface area contributed by atoms with E-state index in [1.807, 2.05) is 36.6 Å². The molecule has 0 radical (unpaired) electrons. The second-order valence-electron chi connectivity index (χ2n) is 7.92. The summed E-state index contributed by atoms with van der Waals surface area (Å²) in [5, 5.41) is 11.3. The number of carbonyl (C=O) groups is 1. The summed E-state index contributed by atoms with van der Waals surface area (Å²) in [7, 11) is 0. The van der Waals surface area contributed by atoms with Gasteiger partial charge in [-0.25, -0.2) is 14.2 Å². The Bertz CT molecular complexity index is 1630. The summed E-state index contributed by atoms with van der Waals surface area (Å²) >= 11 is 1.46. The smallest absolute Gasteiger partial charge is 0.332 e. The number of carboxylic acids is 1. The van der Waals surface area contributed by atoms with Crippen molar-refractivity contribution in [1.82, 2.24) is 14.1 Å². The van der Waals surface area contributed by atoms with Crippen LogP contribution in [0.25, 0.3) is 21.8 Å². The Morgan fingerprint density at radius 2 is 1.94 bits per heavy atom. The average molecular weight is 476 g/mol. The van der Waals surface area contributed by atoms with E-state index in [1.54, 1.807) is 30.5 Å². The van der Waals surface area contributed by atoms with Crippen LogP contribution in [0.15, 0.2) is 86.0 Å². The molecule has 0 fully saturated rings. The number of H-pyrrole nitrogens is 1. The van der Waals surface area contributed by atoms with E-state index in [4.69, 9.17) is 4.42 Å². The zero-order valence-corrected chi connectivity index (χ0v) is 19.0. The molecule has 0 aliphatic heterocycles. The summed E-state index contributed by atoms with van der Waals surface area (Å²) in [5.74, 6) is -0.736. The predicted molar refractivity (Wildman–Crippen MR) is 131 cm³/mol. The van der Waals surface area contributed by atoms with Crippen LogP contribution in [0, 0.1) is 0 Å². The molecular weight excluding hydrogens is 454 g/mol. The average Bonchev–Trinajstić information content (AvgIpc) is 3.51. The van der Waals surface area contributed by atoms with Gasteiger partial charge in [-0.2, -0.15) is 0 Å². The van der Waals surface area contributed by atoms with Gasteiger partial charge in [-0.05, 0) is 48.2 Å². The Hall–Kier alpha value is -3.98. The first-order valence-electron chi connectivity index (χ1n) is 10.6. The molecule has 0 aliphatic carbocycles. The van der Waals surface area contributed by atoms with Crippen LogP contribution in [0.5, 0.6) is 0 Å². The first-order chi connectivity index (χ1) is 16.5. The van der Waals surface area contributed by atoms with Crippen LogP contribution in [0.2, 0.25) is 0 Å². The van der Waals surface area contributed by atoms with E-state index in [0.29, 0.717) is 16.8 Å². The molecule has 2 N–H and O–H groups in total. The van der Waals surface area contributed by atoms with Crippen molar-refractivity contribution in [3.63, 3.8) is 0 Å². The highest BCUT2D eigenvalue weighted by molar-refractivity contribution is 7.98. The molecule has 0 bridgehead atoms. The molecule has 5 rings (SSSR count). The molecule has 0 aliphatic rings. The van der Waals surface area contributed by atoms with Gasteiger partial charge in [-0.3, -0.25) is 9.36 Å². The lowest BCUT2D eigenvalue weighted by molar-refractivity contribution is -0.141. The summed E-state index contributed by atoms with van der Waals surface area (Å²) < 4.78 is 7.68. The van der Waals surface area contributed by atoms with E-state index in [0.717, 1.165) is 20.4 Å². The third-order valence-electron chi connectivity index (χ3n) is 5.96. The van der Waals surface area contributed by atoms with Gasteiger partial charge >= 0.3 is 11.7 Å². The zero-order valence-electron chi connectivity index (χ0n) is 18.2. The van der Waals surface area contributed by atoms with Crippen LogP contribution in [0.3, 0.4) is 0 Å². The van der Waals surface area contributed by atoms with Crippen molar-refractivity contribution in [2.75, 3.05) is 6.26 Å². The number of fused-ring (bicyclic) bond motifs is 2. The normalized spacial score (nSPS) is 12.4. The Kier molecular flexibility index (Phi) is 5.62. The fourth-order valence-corrected chi connectivity index (χ4v) is 4.72. The quantitative estimate of drug-likeness (QED) is 0.346. The Labute approximate surface area is 197 Å². The highest BCUT2D eigenvalue weighted by atomic mass is 32.2. The molecule has 0 amide bonds. The van der Waals surface area contributed by atoms with Gasteiger partial charge < -0.3 is 14.5 Å². The zero-order chi connectivity index (χ0) is 23.8. The number of hydrogen-bond donors (Lipinski definition) is 2. The van der Waals surface area contributed by atoms with Gasteiger partial charge in [0.15, 0.2) is 0 Å². The minimum absolute atomic E-state index is 0.0248. The molecule has 8 nitrogen and oxygen atoms in total. The molecule has 0 unspecified atom stereocenters. The van der Waals surface area contributed by atoms with Crippen molar-refractivity contribution in [2.45, 2.75) is 23.9 Å². The van der Waals surface area contributed by atoms with Crippen LogP contribution in [0.1, 0.15) is 17.4 Å². The molecule has 2 aromatic carbocycles. The monoisotopic (exact) mass is 475 g/mol. The molecule has 0 saturated heterocycles. The number of carboxylic acid groups (broad SMARTS) is 1. The largest absolute Gasteiger partial charge is 0.480 e. The number of para-hydroxylation sites is 1. The van der Waals surface area contributed by atoms with Gasteiger partial charge in [0.1, 0.15) is 11.8 Å². The van der Waals surface area contributed by atoms with Crippen molar-refractivity contribution in [3.8, 4) is 0 Å². The summed E-state index contributed by atoms with van der Waals surface area (Å²) in [4.78, 5) is 43.6. The maximum absolute atomic E-state index is 13.6. The molecule has 34 heavy (non-hydrogen) atoms. The number of thioether (sulfide) groups is 1. The maximum atomic E-state index is 13.6. The molecular formula is C25H21N3O5S. The lowest BCUT2D eigenvalue weighted by Gasteiger charge is -2.19. The fraction of sp³-hybridized carbons (Fsp3) is 0.160. The highest BCUT2D eigenvalue weighted by Gasteiger charge is 2.27. The Morgan fingerprint density at radius 3 is 2.68 bits per heavy atom. The van der Waals surface area contributed by atoms with Crippen molar-refractivity contribution in [3.05, 3.63) is 99.2 Å². The number of furan rings is 1. The van der Waals surface area contributed by atoms with Crippen LogP contribution >= 0.6 is 11.8 Å². The number of nitrogens with zero attached hydrogens (tertiary/aromatic N) is 2. The van der Waals surface area contributed by atoms with Crippen LogP contribution in [-0.4, -0.2) is 31.4 Å². The number of rotatable bonds is 7. The third-order valence-corrected chi connectivity index (χ3v) is 6.69. The van der Waals surface area contributed by atoms with Gasteiger partial charge in [0.25, 0.3) is 5.56 Å². The summed E-state index contributed by atoms with van der Waals surface area (Å²) in [6.45, 7) is 0.0701. The lowest BCUT2D eigenvalue weighted by Crippen LogP contribution is -2.45. The Morgan fingerprint density at radius 1 is 1.12 bits per heavy atom. The molecule has 5 aromatic rings. The van der Waals surface area contributed by atoms with E-state index in [-0.39, 0.29) is 18.4 Å². The molecule has 0 spiro atoms. The fourth-order valence-electron chi connectivity index (χ4n) is 4.28. The molecule has 9 heteroatoms. The molecule has 3 heterocycles.